The molecule has 1 aromatic heterocycles. The van der Waals surface area contributed by atoms with E-state index < -0.39 is 0 Å². The summed E-state index contributed by atoms with van der Waals surface area (Å²) in [7, 11) is 0. The highest BCUT2D eigenvalue weighted by atomic mass is 32.2. The van der Waals surface area contributed by atoms with Crippen LogP contribution in [0.15, 0.2) is 58.3 Å². The maximum Gasteiger partial charge on any atom is 0.234 e. The second kappa shape index (κ2) is 9.48. The number of nitrogens with zero attached hydrogens (tertiary/aromatic N) is 1. The molecule has 28 heavy (non-hydrogen) atoms. The van der Waals surface area contributed by atoms with Crippen LogP contribution in [0.2, 0.25) is 0 Å². The maximum absolute atomic E-state index is 12.9. The van der Waals surface area contributed by atoms with Gasteiger partial charge in [0.2, 0.25) is 11.8 Å². The van der Waals surface area contributed by atoms with Crippen molar-refractivity contribution in [2.24, 2.45) is 0 Å². The highest BCUT2D eigenvalue weighted by Crippen LogP contribution is 2.23. The molecule has 0 aliphatic carbocycles. The van der Waals surface area contributed by atoms with E-state index in [0.717, 1.165) is 15.6 Å². The molecule has 0 unspecified atom stereocenters. The van der Waals surface area contributed by atoms with Gasteiger partial charge in [-0.15, -0.1) is 11.3 Å². The van der Waals surface area contributed by atoms with E-state index >= 15 is 0 Å². The Labute approximate surface area is 170 Å². The topological polar surface area (TPSA) is 71.1 Å². The minimum absolute atomic E-state index is 0.111. The van der Waals surface area contributed by atoms with Gasteiger partial charge in [0.25, 0.3) is 0 Å². The van der Waals surface area contributed by atoms with Crippen LogP contribution in [0.25, 0.3) is 0 Å². The smallest absolute Gasteiger partial charge is 0.234 e. The second-order valence-corrected chi connectivity index (χ2v) is 8.12. The standard InChI is InChI=1S/C20H18FN3O2S2/c1-13-2-6-15(7-3-13)23-19(26)12-28-20-24-17(11-27-20)10-18(25)22-16-8-4-14(21)5-9-16/h2-9,11H,10,12H2,1H3,(H,22,25)(H,23,26). The van der Waals surface area contributed by atoms with Crippen LogP contribution >= 0.6 is 23.1 Å². The molecule has 0 atom stereocenters. The number of hydrogen-bond donors (Lipinski definition) is 2. The summed E-state index contributed by atoms with van der Waals surface area (Å²) in [6.07, 6.45) is 0.115. The molecule has 0 fully saturated rings. The molecule has 2 N–H and O–H groups in total. The Morgan fingerprint density at radius 2 is 1.61 bits per heavy atom. The van der Waals surface area contributed by atoms with E-state index in [-0.39, 0.29) is 29.8 Å². The number of nitrogens with one attached hydrogen (secondary N) is 2. The number of hydrogen-bond acceptors (Lipinski definition) is 5. The molecule has 3 rings (SSSR count). The lowest BCUT2D eigenvalue weighted by molar-refractivity contribution is -0.116. The van der Waals surface area contributed by atoms with E-state index in [9.17, 15) is 14.0 Å². The highest BCUT2D eigenvalue weighted by Gasteiger charge is 2.10. The van der Waals surface area contributed by atoms with E-state index in [0.29, 0.717) is 11.4 Å². The number of amides is 2. The summed E-state index contributed by atoms with van der Waals surface area (Å²) >= 11 is 2.72. The number of carbonyl (C=O) groups excluding carboxylic acids is 2. The molecular weight excluding hydrogens is 397 g/mol. The Balaban J connectivity index is 1.45. The fourth-order valence-corrected chi connectivity index (χ4v) is 3.94. The molecule has 0 saturated heterocycles. The second-order valence-electron chi connectivity index (χ2n) is 6.04. The van der Waals surface area contributed by atoms with Crippen molar-refractivity contribution in [3.8, 4) is 0 Å². The molecule has 144 valence electrons. The van der Waals surface area contributed by atoms with Crippen LogP contribution in [0.1, 0.15) is 11.3 Å². The van der Waals surface area contributed by atoms with E-state index in [1.54, 1.807) is 5.38 Å². The van der Waals surface area contributed by atoms with Crippen molar-refractivity contribution in [2.75, 3.05) is 16.4 Å². The van der Waals surface area contributed by atoms with Crippen molar-refractivity contribution < 1.29 is 14.0 Å². The van der Waals surface area contributed by atoms with Crippen molar-refractivity contribution in [3.63, 3.8) is 0 Å². The van der Waals surface area contributed by atoms with Gasteiger partial charge < -0.3 is 10.6 Å². The average Bonchev–Trinajstić information content (AvgIpc) is 3.11. The number of aryl methyl sites for hydroxylation is 1. The largest absolute Gasteiger partial charge is 0.326 e. The summed E-state index contributed by atoms with van der Waals surface area (Å²) in [6, 6.07) is 13.2. The van der Waals surface area contributed by atoms with E-state index in [2.05, 4.69) is 15.6 Å². The predicted octanol–water partition coefficient (Wildman–Crippen LogP) is 4.50. The first-order chi connectivity index (χ1) is 13.5. The van der Waals surface area contributed by atoms with Crippen LogP contribution in [-0.2, 0) is 16.0 Å². The SMILES string of the molecule is Cc1ccc(NC(=O)CSc2nc(CC(=O)Nc3ccc(F)cc3)cs2)cc1. The van der Waals surface area contributed by atoms with Gasteiger partial charge in [-0.25, -0.2) is 9.37 Å². The molecule has 3 aromatic rings. The van der Waals surface area contributed by atoms with Gasteiger partial charge in [-0.1, -0.05) is 29.5 Å². The molecule has 0 aliphatic rings. The molecule has 0 aliphatic heterocycles. The van der Waals surface area contributed by atoms with Crippen LogP contribution in [0, 0.1) is 12.7 Å². The third-order valence-electron chi connectivity index (χ3n) is 3.66. The number of halogens is 1. The fraction of sp³-hybridized carbons (Fsp3) is 0.150. The normalized spacial score (nSPS) is 10.5. The van der Waals surface area contributed by atoms with Gasteiger partial charge in [-0.2, -0.15) is 0 Å². The van der Waals surface area contributed by atoms with E-state index in [1.807, 2.05) is 31.2 Å². The first-order valence-electron chi connectivity index (χ1n) is 8.47. The van der Waals surface area contributed by atoms with Gasteiger partial charge in [0, 0.05) is 16.8 Å². The first-order valence-corrected chi connectivity index (χ1v) is 10.3. The zero-order valence-electron chi connectivity index (χ0n) is 15.1. The Morgan fingerprint density at radius 3 is 2.29 bits per heavy atom. The Kier molecular flexibility index (Phi) is 6.78. The lowest BCUT2D eigenvalue weighted by atomic mass is 10.2. The molecule has 0 bridgehead atoms. The average molecular weight is 416 g/mol. The van der Waals surface area contributed by atoms with Gasteiger partial charge in [-0.05, 0) is 43.3 Å². The molecular formula is C20H18FN3O2S2. The fourth-order valence-electron chi connectivity index (χ4n) is 2.30. The lowest BCUT2D eigenvalue weighted by Gasteiger charge is -2.04. The van der Waals surface area contributed by atoms with Crippen LogP contribution < -0.4 is 10.6 Å². The molecule has 0 radical (unpaired) electrons. The van der Waals surface area contributed by atoms with Gasteiger partial charge in [0.15, 0.2) is 4.34 Å². The molecule has 0 saturated carbocycles. The number of benzene rings is 2. The predicted molar refractivity (Wildman–Crippen MR) is 111 cm³/mol. The van der Waals surface area contributed by atoms with Crippen LogP contribution in [-0.4, -0.2) is 22.6 Å². The first kappa shape index (κ1) is 20.0. The van der Waals surface area contributed by atoms with Crippen LogP contribution in [0.4, 0.5) is 15.8 Å². The van der Waals surface area contributed by atoms with Gasteiger partial charge in [0.1, 0.15) is 5.82 Å². The van der Waals surface area contributed by atoms with Gasteiger partial charge >= 0.3 is 0 Å². The summed E-state index contributed by atoms with van der Waals surface area (Å²) in [5, 5.41) is 7.33. The zero-order valence-corrected chi connectivity index (χ0v) is 16.7. The van der Waals surface area contributed by atoms with Crippen LogP contribution in [0.5, 0.6) is 0 Å². The summed E-state index contributed by atoms with van der Waals surface area (Å²) in [5.74, 6) is -0.460. The molecule has 5 nitrogen and oxygen atoms in total. The molecule has 2 amide bonds. The van der Waals surface area contributed by atoms with E-state index in [4.69, 9.17) is 0 Å². The minimum atomic E-state index is -0.356. The number of thiazole rings is 1. The number of aromatic nitrogens is 1. The molecule has 1 heterocycles. The van der Waals surface area contributed by atoms with E-state index in [1.165, 1.54) is 47.4 Å². The monoisotopic (exact) mass is 415 g/mol. The van der Waals surface area contributed by atoms with Crippen molar-refractivity contribution in [1.29, 1.82) is 0 Å². The van der Waals surface area contributed by atoms with Crippen molar-refractivity contribution >= 4 is 46.3 Å². The van der Waals surface area contributed by atoms with Crippen molar-refractivity contribution in [3.05, 3.63) is 71.0 Å². The lowest BCUT2D eigenvalue weighted by Crippen LogP contribution is -2.14. The highest BCUT2D eigenvalue weighted by molar-refractivity contribution is 8.01. The van der Waals surface area contributed by atoms with Crippen LogP contribution in [0.3, 0.4) is 0 Å². The van der Waals surface area contributed by atoms with Gasteiger partial charge in [0.05, 0.1) is 17.9 Å². The van der Waals surface area contributed by atoms with Gasteiger partial charge in [-0.3, -0.25) is 9.59 Å². The Hall–Kier alpha value is -2.71. The minimum Gasteiger partial charge on any atom is -0.326 e. The number of thioether (sulfide) groups is 1. The third-order valence-corrected chi connectivity index (χ3v) is 5.73. The third kappa shape index (κ3) is 6.17. The zero-order chi connectivity index (χ0) is 19.9. The summed E-state index contributed by atoms with van der Waals surface area (Å²) < 4.78 is 13.6. The maximum atomic E-state index is 12.9. The summed E-state index contributed by atoms with van der Waals surface area (Å²) in [4.78, 5) is 28.5. The quantitative estimate of drug-likeness (QED) is 0.557. The van der Waals surface area contributed by atoms with Crippen molar-refractivity contribution in [2.45, 2.75) is 17.7 Å². The molecule has 2 aromatic carbocycles. The number of carbonyl (C=O) groups is 2. The summed E-state index contributed by atoms with van der Waals surface area (Å²) in [5.41, 5.74) is 3.05. The Bertz CT molecular complexity index is 956. The Morgan fingerprint density at radius 1 is 1.00 bits per heavy atom. The number of anilines is 2. The number of rotatable bonds is 7. The van der Waals surface area contributed by atoms with Crippen molar-refractivity contribution in [1.82, 2.24) is 4.98 Å². The molecule has 0 spiro atoms. The summed E-state index contributed by atoms with van der Waals surface area (Å²) in [6.45, 7) is 1.99. The molecule has 8 heteroatoms.